The van der Waals surface area contributed by atoms with E-state index in [-0.39, 0.29) is 17.0 Å². The lowest BCUT2D eigenvalue weighted by Crippen LogP contribution is -2.35. The molecule has 1 saturated heterocycles. The van der Waals surface area contributed by atoms with Gasteiger partial charge in [-0.15, -0.1) is 0 Å². The van der Waals surface area contributed by atoms with Gasteiger partial charge in [-0.05, 0) is 37.5 Å². The van der Waals surface area contributed by atoms with Crippen molar-refractivity contribution in [3.05, 3.63) is 70.9 Å². The molecule has 0 bridgehead atoms. The summed E-state index contributed by atoms with van der Waals surface area (Å²) in [4.78, 5) is 28.9. The van der Waals surface area contributed by atoms with Crippen LogP contribution in [-0.2, 0) is 9.59 Å². The molecule has 2 aliphatic rings. The number of benzene rings is 2. The lowest BCUT2D eigenvalue weighted by molar-refractivity contribution is -0.120. The van der Waals surface area contributed by atoms with E-state index in [1.54, 1.807) is 12.1 Å². The number of nitrogens with zero attached hydrogens (tertiary/aromatic N) is 2. The minimum atomic E-state index is -0.816. The van der Waals surface area contributed by atoms with Gasteiger partial charge in [0, 0.05) is 19.2 Å². The zero-order valence-electron chi connectivity index (χ0n) is 14.8. The second kappa shape index (κ2) is 6.61. The molecule has 0 radical (unpaired) electrons. The predicted molar refractivity (Wildman–Crippen MR) is 97.8 cm³/mol. The third kappa shape index (κ3) is 2.91. The fourth-order valence-electron chi connectivity index (χ4n) is 3.61. The number of amides is 2. The average molecular weight is 368 g/mol. The van der Waals surface area contributed by atoms with Crippen LogP contribution in [-0.4, -0.2) is 29.8 Å². The maximum Gasteiger partial charge on any atom is 0.282 e. The number of imide groups is 1. The second-order valence-electron chi connectivity index (χ2n) is 6.83. The summed E-state index contributed by atoms with van der Waals surface area (Å²) < 4.78 is 28.0. The van der Waals surface area contributed by atoms with Crippen molar-refractivity contribution < 1.29 is 18.4 Å². The molecule has 0 aromatic heterocycles. The Hall–Kier alpha value is -3.02. The van der Waals surface area contributed by atoms with E-state index >= 15 is 0 Å². The van der Waals surface area contributed by atoms with E-state index < -0.39 is 23.4 Å². The second-order valence-corrected chi connectivity index (χ2v) is 6.83. The molecule has 0 saturated carbocycles. The van der Waals surface area contributed by atoms with Crippen LogP contribution in [0.3, 0.4) is 0 Å². The molecule has 4 nitrogen and oxygen atoms in total. The van der Waals surface area contributed by atoms with Crippen molar-refractivity contribution in [2.45, 2.75) is 19.8 Å². The van der Waals surface area contributed by atoms with Gasteiger partial charge in [0.1, 0.15) is 17.3 Å². The smallest absolute Gasteiger partial charge is 0.282 e. The first-order valence-electron chi connectivity index (χ1n) is 8.87. The van der Waals surface area contributed by atoms with E-state index in [1.807, 2.05) is 24.0 Å². The summed E-state index contributed by atoms with van der Waals surface area (Å²) in [6.45, 7) is 3.24. The molecule has 0 N–H and O–H groups in total. The van der Waals surface area contributed by atoms with Crippen molar-refractivity contribution in [1.82, 2.24) is 4.90 Å². The Morgan fingerprint density at radius 3 is 2.22 bits per heavy atom. The molecule has 2 amide bonds. The topological polar surface area (TPSA) is 40.6 Å². The van der Waals surface area contributed by atoms with Crippen LogP contribution in [0.1, 0.15) is 24.0 Å². The Morgan fingerprint density at radius 2 is 1.56 bits per heavy atom. The molecular weight excluding hydrogens is 350 g/mol. The van der Waals surface area contributed by atoms with Gasteiger partial charge in [-0.2, -0.15) is 0 Å². The van der Waals surface area contributed by atoms with Gasteiger partial charge in [-0.25, -0.2) is 13.7 Å². The molecule has 2 aromatic carbocycles. The third-order valence-electron chi connectivity index (χ3n) is 4.97. The number of halogens is 2. The largest absolute Gasteiger partial charge is 0.366 e. The van der Waals surface area contributed by atoms with Crippen molar-refractivity contribution >= 4 is 23.1 Å². The van der Waals surface area contributed by atoms with Gasteiger partial charge in [0.25, 0.3) is 11.8 Å². The van der Waals surface area contributed by atoms with E-state index in [4.69, 9.17) is 0 Å². The van der Waals surface area contributed by atoms with Gasteiger partial charge in [0.05, 0.1) is 11.3 Å². The van der Waals surface area contributed by atoms with Crippen LogP contribution < -0.4 is 4.90 Å². The van der Waals surface area contributed by atoms with Crippen LogP contribution in [0.25, 0.3) is 5.57 Å². The van der Waals surface area contributed by atoms with Gasteiger partial charge in [0.2, 0.25) is 0 Å². The van der Waals surface area contributed by atoms with Crippen LogP contribution >= 0.6 is 0 Å². The first-order valence-corrected chi connectivity index (χ1v) is 8.87. The molecule has 27 heavy (non-hydrogen) atoms. The summed E-state index contributed by atoms with van der Waals surface area (Å²) >= 11 is 0. The summed E-state index contributed by atoms with van der Waals surface area (Å²) in [5.74, 6) is -2.76. The Morgan fingerprint density at radius 1 is 0.889 bits per heavy atom. The number of hydrogen-bond acceptors (Lipinski definition) is 3. The standard InChI is InChI=1S/C21H18F2N2O2/c1-13-4-6-14(7-5-13)18-19(24-10-2-3-11-24)21(27)25(20(18)26)17-12-15(22)8-9-16(17)23/h4-9,12H,2-3,10-11H2,1H3. The molecule has 2 heterocycles. The molecule has 0 aliphatic carbocycles. The number of aryl methyl sites for hydroxylation is 1. The summed E-state index contributed by atoms with van der Waals surface area (Å²) in [6.07, 6.45) is 1.83. The molecule has 4 rings (SSSR count). The predicted octanol–water partition coefficient (Wildman–Crippen LogP) is 3.65. The van der Waals surface area contributed by atoms with Crippen LogP contribution in [0, 0.1) is 18.6 Å². The van der Waals surface area contributed by atoms with Crippen molar-refractivity contribution in [3.8, 4) is 0 Å². The zero-order valence-corrected chi connectivity index (χ0v) is 14.8. The molecule has 0 spiro atoms. The van der Waals surface area contributed by atoms with Crippen LogP contribution in [0.4, 0.5) is 14.5 Å². The van der Waals surface area contributed by atoms with Gasteiger partial charge in [0.15, 0.2) is 0 Å². The van der Waals surface area contributed by atoms with E-state index in [0.29, 0.717) is 18.7 Å². The van der Waals surface area contributed by atoms with Crippen LogP contribution in [0.2, 0.25) is 0 Å². The number of carbonyl (C=O) groups excluding carboxylic acids is 2. The SMILES string of the molecule is Cc1ccc(C2=C(N3CCCC3)C(=O)N(c3cc(F)ccc3F)C2=O)cc1. The normalized spacial score (nSPS) is 17.4. The highest BCUT2D eigenvalue weighted by atomic mass is 19.1. The number of anilines is 1. The first kappa shape index (κ1) is 17.4. The number of rotatable bonds is 3. The summed E-state index contributed by atoms with van der Waals surface area (Å²) in [7, 11) is 0. The fourth-order valence-corrected chi connectivity index (χ4v) is 3.61. The van der Waals surface area contributed by atoms with E-state index in [1.165, 1.54) is 0 Å². The molecule has 6 heteroatoms. The lowest BCUT2D eigenvalue weighted by atomic mass is 10.0. The zero-order chi connectivity index (χ0) is 19.1. The monoisotopic (exact) mass is 368 g/mol. The van der Waals surface area contributed by atoms with E-state index in [0.717, 1.165) is 41.5 Å². The Balaban J connectivity index is 1.86. The number of hydrogen-bond donors (Lipinski definition) is 0. The number of likely N-dealkylation sites (tertiary alicyclic amines) is 1. The average Bonchev–Trinajstić information content (AvgIpc) is 3.25. The summed E-state index contributed by atoms with van der Waals surface area (Å²) in [6, 6.07) is 10.0. The quantitative estimate of drug-likeness (QED) is 0.777. The van der Waals surface area contributed by atoms with Crippen molar-refractivity contribution in [3.63, 3.8) is 0 Å². The summed E-state index contributed by atoms with van der Waals surface area (Å²) in [5, 5.41) is 0. The minimum absolute atomic E-state index is 0.241. The van der Waals surface area contributed by atoms with E-state index in [9.17, 15) is 18.4 Å². The highest BCUT2D eigenvalue weighted by Crippen LogP contribution is 2.37. The molecule has 0 atom stereocenters. The molecule has 138 valence electrons. The Kier molecular flexibility index (Phi) is 4.26. The van der Waals surface area contributed by atoms with Gasteiger partial charge >= 0.3 is 0 Å². The molecular formula is C21H18F2N2O2. The maximum atomic E-state index is 14.3. The third-order valence-corrected chi connectivity index (χ3v) is 4.97. The minimum Gasteiger partial charge on any atom is -0.366 e. The highest BCUT2D eigenvalue weighted by molar-refractivity contribution is 6.45. The van der Waals surface area contributed by atoms with Gasteiger partial charge in [-0.1, -0.05) is 29.8 Å². The number of carbonyl (C=O) groups is 2. The van der Waals surface area contributed by atoms with Gasteiger partial charge < -0.3 is 4.90 Å². The van der Waals surface area contributed by atoms with Crippen molar-refractivity contribution in [2.24, 2.45) is 0 Å². The van der Waals surface area contributed by atoms with E-state index in [2.05, 4.69) is 0 Å². The Bertz CT molecular complexity index is 961. The molecule has 2 aromatic rings. The van der Waals surface area contributed by atoms with Crippen molar-refractivity contribution in [1.29, 1.82) is 0 Å². The van der Waals surface area contributed by atoms with Crippen LogP contribution in [0.15, 0.2) is 48.2 Å². The molecule has 2 aliphatic heterocycles. The molecule has 1 fully saturated rings. The fraction of sp³-hybridized carbons (Fsp3) is 0.238. The highest BCUT2D eigenvalue weighted by Gasteiger charge is 2.43. The van der Waals surface area contributed by atoms with Crippen LogP contribution in [0.5, 0.6) is 0 Å². The first-order chi connectivity index (χ1) is 13.0. The summed E-state index contributed by atoms with van der Waals surface area (Å²) in [5.41, 5.74) is 1.77. The van der Waals surface area contributed by atoms with Crippen molar-refractivity contribution in [2.75, 3.05) is 18.0 Å². The Labute approximate surface area is 155 Å². The molecule has 0 unspecified atom stereocenters. The maximum absolute atomic E-state index is 14.3. The van der Waals surface area contributed by atoms with Gasteiger partial charge in [-0.3, -0.25) is 9.59 Å². The lowest BCUT2D eigenvalue weighted by Gasteiger charge is -2.20.